The van der Waals surface area contributed by atoms with Crippen LogP contribution in [0.3, 0.4) is 0 Å². The Labute approximate surface area is 141 Å². The van der Waals surface area contributed by atoms with E-state index in [-0.39, 0.29) is 11.8 Å². The fourth-order valence-electron chi connectivity index (χ4n) is 2.95. The fourth-order valence-corrected chi connectivity index (χ4v) is 2.95. The van der Waals surface area contributed by atoms with Crippen molar-refractivity contribution in [3.8, 4) is 0 Å². The standard InChI is InChI=1S/C17H24N4O3/c1-23-8-7-21-16-12-24-11-13(15(16)10-20-21)9-19-17(22)5-4-14-3-2-6-18-14/h2-3,6,10,13,18H,4-5,7-9,11-12H2,1H3,(H,19,22). The van der Waals surface area contributed by atoms with Crippen molar-refractivity contribution >= 4 is 5.91 Å². The second-order valence-electron chi connectivity index (χ2n) is 5.97. The van der Waals surface area contributed by atoms with E-state index in [2.05, 4.69) is 15.4 Å². The van der Waals surface area contributed by atoms with Crippen LogP contribution in [-0.4, -0.2) is 47.5 Å². The van der Waals surface area contributed by atoms with Crippen molar-refractivity contribution in [1.29, 1.82) is 0 Å². The molecule has 0 radical (unpaired) electrons. The number of hydrogen-bond donors (Lipinski definition) is 2. The van der Waals surface area contributed by atoms with Crippen molar-refractivity contribution in [1.82, 2.24) is 20.1 Å². The second kappa shape index (κ2) is 8.12. The van der Waals surface area contributed by atoms with Crippen LogP contribution in [0.5, 0.6) is 0 Å². The van der Waals surface area contributed by atoms with Crippen LogP contribution in [0.4, 0.5) is 0 Å². The molecule has 130 valence electrons. The van der Waals surface area contributed by atoms with Crippen LogP contribution in [0.1, 0.15) is 29.3 Å². The summed E-state index contributed by atoms with van der Waals surface area (Å²) in [5.74, 6) is 0.211. The number of nitrogens with zero attached hydrogens (tertiary/aromatic N) is 2. The average Bonchev–Trinajstić information content (AvgIpc) is 3.26. The molecule has 1 aliphatic rings. The minimum absolute atomic E-state index is 0.0588. The van der Waals surface area contributed by atoms with Gasteiger partial charge in [-0.3, -0.25) is 9.48 Å². The first-order valence-electron chi connectivity index (χ1n) is 8.28. The van der Waals surface area contributed by atoms with Gasteiger partial charge >= 0.3 is 0 Å². The molecule has 1 amide bonds. The summed E-state index contributed by atoms with van der Waals surface area (Å²) in [6, 6.07) is 3.93. The minimum Gasteiger partial charge on any atom is -0.383 e. The van der Waals surface area contributed by atoms with Gasteiger partial charge in [0.1, 0.15) is 0 Å². The van der Waals surface area contributed by atoms with Gasteiger partial charge in [-0.05, 0) is 18.6 Å². The average molecular weight is 332 g/mol. The monoisotopic (exact) mass is 332 g/mol. The maximum absolute atomic E-state index is 12.0. The van der Waals surface area contributed by atoms with E-state index in [4.69, 9.17) is 9.47 Å². The van der Waals surface area contributed by atoms with Crippen LogP contribution < -0.4 is 5.32 Å². The third-order valence-electron chi connectivity index (χ3n) is 4.32. The summed E-state index contributed by atoms with van der Waals surface area (Å²) in [6.07, 6.45) is 4.97. The Morgan fingerprint density at radius 2 is 2.50 bits per heavy atom. The second-order valence-corrected chi connectivity index (χ2v) is 5.97. The van der Waals surface area contributed by atoms with E-state index in [1.807, 2.05) is 29.2 Å². The molecular formula is C17H24N4O3. The smallest absolute Gasteiger partial charge is 0.220 e. The molecule has 0 saturated carbocycles. The molecule has 7 nitrogen and oxygen atoms in total. The molecule has 2 aromatic rings. The number of amides is 1. The molecule has 2 N–H and O–H groups in total. The normalized spacial score (nSPS) is 16.8. The summed E-state index contributed by atoms with van der Waals surface area (Å²) < 4.78 is 12.7. The SMILES string of the molecule is COCCn1ncc2c1COCC2CNC(=O)CCc1ccc[nH]1. The van der Waals surface area contributed by atoms with Crippen molar-refractivity contribution in [3.63, 3.8) is 0 Å². The predicted molar refractivity (Wildman–Crippen MR) is 88.6 cm³/mol. The first-order chi connectivity index (χ1) is 11.8. The number of carbonyl (C=O) groups excluding carboxylic acids is 1. The van der Waals surface area contributed by atoms with E-state index < -0.39 is 0 Å². The molecule has 7 heteroatoms. The third-order valence-corrected chi connectivity index (χ3v) is 4.32. The summed E-state index contributed by atoms with van der Waals surface area (Å²) in [5.41, 5.74) is 3.33. The highest BCUT2D eigenvalue weighted by Gasteiger charge is 2.25. The maximum atomic E-state index is 12.0. The van der Waals surface area contributed by atoms with Gasteiger partial charge in [-0.2, -0.15) is 5.10 Å². The summed E-state index contributed by atoms with van der Waals surface area (Å²) in [4.78, 5) is 15.1. The lowest BCUT2D eigenvalue weighted by Gasteiger charge is -2.23. The number of rotatable bonds is 8. The number of methoxy groups -OCH3 is 1. The van der Waals surface area contributed by atoms with E-state index in [9.17, 15) is 4.79 Å². The number of carbonyl (C=O) groups is 1. The van der Waals surface area contributed by atoms with Crippen molar-refractivity contribution in [2.45, 2.75) is 31.9 Å². The zero-order valence-electron chi connectivity index (χ0n) is 14.0. The third kappa shape index (κ3) is 4.04. The number of nitrogens with one attached hydrogen (secondary N) is 2. The lowest BCUT2D eigenvalue weighted by Crippen LogP contribution is -2.32. The first-order valence-corrected chi connectivity index (χ1v) is 8.28. The summed E-state index contributed by atoms with van der Waals surface area (Å²) in [5, 5.41) is 7.44. The molecule has 1 unspecified atom stereocenters. The van der Waals surface area contributed by atoms with Crippen LogP contribution in [-0.2, 0) is 33.8 Å². The molecule has 0 bridgehead atoms. The molecular weight excluding hydrogens is 308 g/mol. The zero-order valence-corrected chi connectivity index (χ0v) is 14.0. The quantitative estimate of drug-likeness (QED) is 0.762. The van der Waals surface area contributed by atoms with E-state index in [1.54, 1.807) is 7.11 Å². The lowest BCUT2D eigenvalue weighted by molar-refractivity contribution is -0.121. The molecule has 2 aromatic heterocycles. The maximum Gasteiger partial charge on any atom is 0.220 e. The van der Waals surface area contributed by atoms with Crippen LogP contribution in [0.25, 0.3) is 0 Å². The molecule has 0 fully saturated rings. The number of aromatic nitrogens is 3. The van der Waals surface area contributed by atoms with Gasteiger partial charge in [-0.1, -0.05) is 0 Å². The minimum atomic E-state index is 0.0588. The van der Waals surface area contributed by atoms with Gasteiger partial charge in [0.2, 0.25) is 5.91 Å². The molecule has 0 spiro atoms. The van der Waals surface area contributed by atoms with E-state index in [0.717, 1.165) is 17.8 Å². The highest BCUT2D eigenvalue weighted by molar-refractivity contribution is 5.76. The topological polar surface area (TPSA) is 81.2 Å². The van der Waals surface area contributed by atoms with Crippen molar-refractivity contribution in [2.24, 2.45) is 0 Å². The Bertz CT molecular complexity index is 651. The number of aryl methyl sites for hydroxylation is 1. The van der Waals surface area contributed by atoms with Gasteiger partial charge in [-0.15, -0.1) is 0 Å². The van der Waals surface area contributed by atoms with E-state index in [0.29, 0.717) is 39.3 Å². The summed E-state index contributed by atoms with van der Waals surface area (Å²) in [6.45, 7) is 3.08. The zero-order chi connectivity index (χ0) is 16.8. The summed E-state index contributed by atoms with van der Waals surface area (Å²) in [7, 11) is 1.68. The van der Waals surface area contributed by atoms with Gasteiger partial charge in [0.15, 0.2) is 0 Å². The van der Waals surface area contributed by atoms with Gasteiger partial charge in [0, 0.05) is 43.4 Å². The molecule has 0 aliphatic carbocycles. The number of aromatic amines is 1. The first kappa shape index (κ1) is 16.7. The van der Waals surface area contributed by atoms with E-state index >= 15 is 0 Å². The van der Waals surface area contributed by atoms with Gasteiger partial charge < -0.3 is 19.8 Å². The highest BCUT2D eigenvalue weighted by atomic mass is 16.5. The Balaban J connectivity index is 1.51. The number of H-pyrrole nitrogens is 1. The molecule has 24 heavy (non-hydrogen) atoms. The largest absolute Gasteiger partial charge is 0.383 e. The lowest BCUT2D eigenvalue weighted by atomic mass is 9.98. The van der Waals surface area contributed by atoms with Crippen LogP contribution in [0, 0.1) is 0 Å². The van der Waals surface area contributed by atoms with Crippen molar-refractivity contribution in [3.05, 3.63) is 41.5 Å². The fraction of sp³-hybridized carbons (Fsp3) is 0.529. The molecule has 1 atom stereocenters. The number of fused-ring (bicyclic) bond motifs is 1. The molecule has 3 rings (SSSR count). The Morgan fingerprint density at radius 1 is 1.58 bits per heavy atom. The van der Waals surface area contributed by atoms with E-state index in [1.165, 1.54) is 5.56 Å². The number of ether oxygens (including phenoxy) is 2. The van der Waals surface area contributed by atoms with Gasteiger partial charge in [-0.25, -0.2) is 0 Å². The molecule has 0 saturated heterocycles. The Morgan fingerprint density at radius 3 is 3.29 bits per heavy atom. The predicted octanol–water partition coefficient (Wildman–Crippen LogP) is 1.22. The van der Waals surface area contributed by atoms with Crippen molar-refractivity contribution in [2.75, 3.05) is 26.9 Å². The Kier molecular flexibility index (Phi) is 5.66. The number of hydrogen-bond acceptors (Lipinski definition) is 4. The molecule has 1 aliphatic heterocycles. The van der Waals surface area contributed by atoms with Gasteiger partial charge in [0.05, 0.1) is 38.3 Å². The van der Waals surface area contributed by atoms with Crippen molar-refractivity contribution < 1.29 is 14.3 Å². The molecule has 0 aromatic carbocycles. The van der Waals surface area contributed by atoms with Crippen LogP contribution >= 0.6 is 0 Å². The van der Waals surface area contributed by atoms with Crippen LogP contribution in [0.2, 0.25) is 0 Å². The Hall–Kier alpha value is -2.12. The van der Waals surface area contributed by atoms with Crippen LogP contribution in [0.15, 0.2) is 24.5 Å². The highest BCUT2D eigenvalue weighted by Crippen LogP contribution is 2.26. The van der Waals surface area contributed by atoms with Gasteiger partial charge in [0.25, 0.3) is 0 Å². The summed E-state index contributed by atoms with van der Waals surface area (Å²) >= 11 is 0. The molecule has 3 heterocycles.